The number of rotatable bonds is 5. The lowest BCUT2D eigenvalue weighted by Gasteiger charge is -2.37. The fourth-order valence-electron chi connectivity index (χ4n) is 4.22. The van der Waals surface area contributed by atoms with Gasteiger partial charge in [0.2, 0.25) is 11.8 Å². The van der Waals surface area contributed by atoms with E-state index in [9.17, 15) is 9.59 Å². The lowest BCUT2D eigenvalue weighted by atomic mass is 9.98. The first-order valence-corrected chi connectivity index (χ1v) is 9.67. The highest BCUT2D eigenvalue weighted by atomic mass is 16.2. The molecule has 0 bridgehead atoms. The minimum Gasteiger partial charge on any atom is -0.342 e. The topological polar surface area (TPSA) is 58.4 Å². The molecule has 3 heterocycles. The zero-order chi connectivity index (χ0) is 17.4. The summed E-state index contributed by atoms with van der Waals surface area (Å²) in [6.07, 6.45) is 10.0. The molecule has 3 fully saturated rings. The Labute approximate surface area is 149 Å². The molecule has 0 unspecified atom stereocenters. The summed E-state index contributed by atoms with van der Waals surface area (Å²) < 4.78 is 1.95. The summed E-state index contributed by atoms with van der Waals surface area (Å²) in [5.74, 6) is 0.886. The van der Waals surface area contributed by atoms with Crippen LogP contribution >= 0.6 is 0 Å². The second-order valence-electron chi connectivity index (χ2n) is 8.06. The lowest BCUT2D eigenvalue weighted by Crippen LogP contribution is -2.48. The molecule has 3 aliphatic rings. The van der Waals surface area contributed by atoms with E-state index in [1.807, 2.05) is 33.8 Å². The van der Waals surface area contributed by atoms with Crippen molar-refractivity contribution in [2.45, 2.75) is 58.0 Å². The number of carbonyl (C=O) groups excluding carboxylic acids is 2. The average Bonchev–Trinajstić information content (AvgIpc) is 3.22. The minimum absolute atomic E-state index is 0.147. The first kappa shape index (κ1) is 16.6. The standard InChI is InChI=1S/C19H28N4O2/c1-14-9-20-22(10-14)13-17-4-2-3-7-23(17)19(25)16-8-18(24)21(12-16)11-15-5-6-15/h9-10,15-17H,2-8,11-13H2,1H3/t16-,17-/m1/s1. The molecule has 0 N–H and O–H groups in total. The van der Waals surface area contributed by atoms with Crippen molar-refractivity contribution in [1.29, 1.82) is 0 Å². The van der Waals surface area contributed by atoms with Crippen LogP contribution in [0.25, 0.3) is 0 Å². The van der Waals surface area contributed by atoms with E-state index in [1.54, 1.807) is 0 Å². The largest absolute Gasteiger partial charge is 0.342 e. The summed E-state index contributed by atoms with van der Waals surface area (Å²) in [5.41, 5.74) is 1.14. The van der Waals surface area contributed by atoms with Crippen molar-refractivity contribution in [3.63, 3.8) is 0 Å². The van der Waals surface area contributed by atoms with Gasteiger partial charge in [0.1, 0.15) is 0 Å². The Morgan fingerprint density at radius 1 is 1.24 bits per heavy atom. The lowest BCUT2D eigenvalue weighted by molar-refractivity contribution is -0.139. The molecule has 0 radical (unpaired) electrons. The van der Waals surface area contributed by atoms with Crippen LogP contribution in [0, 0.1) is 18.8 Å². The number of nitrogens with zero attached hydrogens (tertiary/aromatic N) is 4. The normalized spacial score (nSPS) is 27.2. The van der Waals surface area contributed by atoms with E-state index in [0.29, 0.717) is 18.9 Å². The van der Waals surface area contributed by atoms with E-state index in [2.05, 4.69) is 5.10 Å². The highest BCUT2D eigenvalue weighted by molar-refractivity contribution is 5.89. The molecule has 6 heteroatoms. The number of amides is 2. The molecular weight excluding hydrogens is 316 g/mol. The molecule has 2 aliphatic heterocycles. The van der Waals surface area contributed by atoms with Crippen LogP contribution in [-0.4, -0.2) is 57.1 Å². The number of hydrogen-bond acceptors (Lipinski definition) is 3. The molecule has 25 heavy (non-hydrogen) atoms. The Bertz CT molecular complexity index is 652. The molecule has 4 rings (SSSR count). The molecule has 0 spiro atoms. The van der Waals surface area contributed by atoms with Gasteiger partial charge in [-0.2, -0.15) is 5.10 Å². The molecule has 136 valence electrons. The van der Waals surface area contributed by atoms with Crippen molar-refractivity contribution in [2.75, 3.05) is 19.6 Å². The Hall–Kier alpha value is -1.85. The maximum absolute atomic E-state index is 13.1. The smallest absolute Gasteiger partial charge is 0.228 e. The van der Waals surface area contributed by atoms with Gasteiger partial charge in [-0.05, 0) is 50.5 Å². The number of aromatic nitrogens is 2. The molecular formula is C19H28N4O2. The number of hydrogen-bond donors (Lipinski definition) is 0. The zero-order valence-corrected chi connectivity index (χ0v) is 15.1. The van der Waals surface area contributed by atoms with Crippen molar-refractivity contribution < 1.29 is 9.59 Å². The molecule has 1 aliphatic carbocycles. The summed E-state index contributed by atoms with van der Waals surface area (Å²) in [5, 5.41) is 4.38. The number of likely N-dealkylation sites (tertiary alicyclic amines) is 2. The van der Waals surface area contributed by atoms with E-state index < -0.39 is 0 Å². The molecule has 2 atom stereocenters. The van der Waals surface area contributed by atoms with Gasteiger partial charge >= 0.3 is 0 Å². The van der Waals surface area contributed by atoms with Gasteiger partial charge in [0.15, 0.2) is 0 Å². The van der Waals surface area contributed by atoms with Crippen LogP contribution in [0.4, 0.5) is 0 Å². The SMILES string of the molecule is Cc1cnn(C[C@H]2CCCCN2C(=O)[C@@H]2CC(=O)N(CC3CC3)C2)c1. The molecule has 6 nitrogen and oxygen atoms in total. The average molecular weight is 344 g/mol. The fourth-order valence-corrected chi connectivity index (χ4v) is 4.22. The number of carbonyl (C=O) groups is 2. The second-order valence-corrected chi connectivity index (χ2v) is 8.06. The van der Waals surface area contributed by atoms with E-state index in [1.165, 1.54) is 12.8 Å². The van der Waals surface area contributed by atoms with Crippen molar-refractivity contribution >= 4 is 11.8 Å². The van der Waals surface area contributed by atoms with Gasteiger partial charge in [-0.25, -0.2) is 0 Å². The second kappa shape index (κ2) is 6.81. The maximum atomic E-state index is 13.1. The molecule has 1 aromatic heterocycles. The van der Waals surface area contributed by atoms with Crippen LogP contribution in [0.5, 0.6) is 0 Å². The summed E-state index contributed by atoms with van der Waals surface area (Å²) in [4.78, 5) is 29.3. The Morgan fingerprint density at radius 3 is 2.80 bits per heavy atom. The Morgan fingerprint density at radius 2 is 2.08 bits per heavy atom. The summed E-state index contributed by atoms with van der Waals surface area (Å²) >= 11 is 0. The predicted molar refractivity (Wildman–Crippen MR) is 93.7 cm³/mol. The Kier molecular flexibility index (Phi) is 4.52. The third kappa shape index (κ3) is 3.72. The van der Waals surface area contributed by atoms with Gasteiger partial charge in [-0.15, -0.1) is 0 Å². The highest BCUT2D eigenvalue weighted by Gasteiger charge is 2.40. The molecule has 1 saturated carbocycles. The van der Waals surface area contributed by atoms with Crippen LogP contribution in [-0.2, 0) is 16.1 Å². The van der Waals surface area contributed by atoms with Gasteiger partial charge < -0.3 is 9.80 Å². The number of aryl methyl sites for hydroxylation is 1. The maximum Gasteiger partial charge on any atom is 0.228 e. The van der Waals surface area contributed by atoms with E-state index in [0.717, 1.165) is 44.5 Å². The van der Waals surface area contributed by atoms with Crippen LogP contribution in [0.3, 0.4) is 0 Å². The van der Waals surface area contributed by atoms with Gasteiger partial charge in [-0.3, -0.25) is 14.3 Å². The van der Waals surface area contributed by atoms with Crippen LogP contribution < -0.4 is 0 Å². The summed E-state index contributed by atoms with van der Waals surface area (Å²) in [6, 6.07) is 0.202. The summed E-state index contributed by atoms with van der Waals surface area (Å²) in [6.45, 7) is 5.09. The van der Waals surface area contributed by atoms with E-state index in [4.69, 9.17) is 0 Å². The van der Waals surface area contributed by atoms with Crippen molar-refractivity contribution in [3.05, 3.63) is 18.0 Å². The van der Waals surface area contributed by atoms with Crippen molar-refractivity contribution in [1.82, 2.24) is 19.6 Å². The van der Waals surface area contributed by atoms with E-state index in [-0.39, 0.29) is 23.8 Å². The fraction of sp³-hybridized carbons (Fsp3) is 0.737. The highest BCUT2D eigenvalue weighted by Crippen LogP contribution is 2.33. The van der Waals surface area contributed by atoms with Crippen molar-refractivity contribution in [3.8, 4) is 0 Å². The zero-order valence-electron chi connectivity index (χ0n) is 15.1. The molecule has 2 saturated heterocycles. The Balaban J connectivity index is 1.41. The van der Waals surface area contributed by atoms with Crippen LogP contribution in [0.1, 0.15) is 44.1 Å². The predicted octanol–water partition coefficient (Wildman–Crippen LogP) is 1.83. The van der Waals surface area contributed by atoms with Gasteiger partial charge in [0.05, 0.1) is 24.7 Å². The van der Waals surface area contributed by atoms with Gasteiger partial charge in [0.25, 0.3) is 0 Å². The quantitative estimate of drug-likeness (QED) is 0.819. The summed E-state index contributed by atoms with van der Waals surface area (Å²) in [7, 11) is 0. The van der Waals surface area contributed by atoms with Crippen LogP contribution in [0.15, 0.2) is 12.4 Å². The first-order chi connectivity index (χ1) is 12.1. The molecule has 0 aromatic carbocycles. The third-order valence-electron chi connectivity index (χ3n) is 5.81. The van der Waals surface area contributed by atoms with Gasteiger partial charge in [-0.1, -0.05) is 0 Å². The monoisotopic (exact) mass is 344 g/mol. The third-order valence-corrected chi connectivity index (χ3v) is 5.81. The minimum atomic E-state index is -0.147. The molecule has 1 aromatic rings. The van der Waals surface area contributed by atoms with Crippen molar-refractivity contribution in [2.24, 2.45) is 11.8 Å². The first-order valence-electron chi connectivity index (χ1n) is 9.67. The molecule has 2 amide bonds. The van der Waals surface area contributed by atoms with Gasteiger partial charge in [0, 0.05) is 32.3 Å². The van der Waals surface area contributed by atoms with E-state index >= 15 is 0 Å². The van der Waals surface area contributed by atoms with Crippen LogP contribution in [0.2, 0.25) is 0 Å². The number of piperidine rings is 1.